The summed E-state index contributed by atoms with van der Waals surface area (Å²) < 4.78 is 10.2. The number of ether oxygens (including phenoxy) is 1. The van der Waals surface area contributed by atoms with Crippen molar-refractivity contribution in [2.45, 2.75) is 0 Å². The number of methoxy groups -OCH3 is 1. The first-order valence-corrected chi connectivity index (χ1v) is 5.41. The van der Waals surface area contributed by atoms with Crippen LogP contribution in [0, 0.1) is 0 Å². The predicted octanol–water partition coefficient (Wildman–Crippen LogP) is 1.11. The molecule has 19 heavy (non-hydrogen) atoms. The van der Waals surface area contributed by atoms with Gasteiger partial charge in [-0.3, -0.25) is 5.10 Å². The largest absolute Gasteiger partial charge is 0.495 e. The second kappa shape index (κ2) is 4.41. The number of aromatic amines is 1. The minimum absolute atomic E-state index is 0.335. The molecule has 3 N–H and O–H groups in total. The third-order valence-electron chi connectivity index (χ3n) is 2.53. The van der Waals surface area contributed by atoms with E-state index in [1.165, 1.54) is 6.33 Å². The smallest absolute Gasteiger partial charge is 0.258 e. The maximum atomic E-state index is 5.83. The lowest BCUT2D eigenvalue weighted by molar-refractivity contribution is 0.416. The molecule has 0 saturated heterocycles. The van der Waals surface area contributed by atoms with E-state index in [2.05, 4.69) is 25.3 Å². The number of nitrogens with two attached hydrogens (primary N) is 1. The number of anilines is 1. The van der Waals surface area contributed by atoms with Crippen molar-refractivity contribution in [2.24, 2.45) is 0 Å². The molecule has 8 nitrogen and oxygen atoms in total. The Morgan fingerprint density at radius 2 is 2.26 bits per heavy atom. The number of hydrogen-bond donors (Lipinski definition) is 2. The fourth-order valence-electron chi connectivity index (χ4n) is 1.62. The summed E-state index contributed by atoms with van der Waals surface area (Å²) in [6.07, 6.45) is 1.37. The van der Waals surface area contributed by atoms with Gasteiger partial charge in [0.2, 0.25) is 5.82 Å². The van der Waals surface area contributed by atoms with Crippen LogP contribution < -0.4 is 10.5 Å². The number of nitrogens with zero attached hydrogens (tertiary/aromatic N) is 4. The van der Waals surface area contributed by atoms with Crippen molar-refractivity contribution < 1.29 is 9.26 Å². The summed E-state index contributed by atoms with van der Waals surface area (Å²) in [6, 6.07) is 5.23. The van der Waals surface area contributed by atoms with Crippen LogP contribution in [0.3, 0.4) is 0 Å². The SMILES string of the molecule is COc1ccc(-c2nc(-c3ncn[nH]3)no2)cc1N. The molecule has 0 aliphatic heterocycles. The summed E-state index contributed by atoms with van der Waals surface area (Å²) in [5.41, 5.74) is 7.03. The van der Waals surface area contributed by atoms with Crippen molar-refractivity contribution in [3.63, 3.8) is 0 Å². The highest BCUT2D eigenvalue weighted by molar-refractivity contribution is 5.66. The molecular formula is C11H10N6O2. The number of hydrogen-bond acceptors (Lipinski definition) is 7. The van der Waals surface area contributed by atoms with Gasteiger partial charge in [0.15, 0.2) is 5.82 Å². The van der Waals surface area contributed by atoms with E-state index < -0.39 is 0 Å². The van der Waals surface area contributed by atoms with Crippen LogP contribution in [0.1, 0.15) is 0 Å². The summed E-state index contributed by atoms with van der Waals surface area (Å²) in [7, 11) is 1.56. The van der Waals surface area contributed by atoms with Crippen LogP contribution in [0.2, 0.25) is 0 Å². The zero-order valence-electron chi connectivity index (χ0n) is 9.99. The molecule has 0 saturated carbocycles. The van der Waals surface area contributed by atoms with Crippen LogP contribution in [0.25, 0.3) is 23.1 Å². The number of benzene rings is 1. The van der Waals surface area contributed by atoms with Crippen molar-refractivity contribution in [3.05, 3.63) is 24.5 Å². The van der Waals surface area contributed by atoms with E-state index >= 15 is 0 Å². The van der Waals surface area contributed by atoms with Crippen LogP contribution in [0.15, 0.2) is 29.0 Å². The molecule has 0 atom stereocenters. The standard InChI is InChI=1S/C11H10N6O2/c1-18-8-3-2-6(4-7(8)12)11-15-10(17-19-11)9-13-5-14-16-9/h2-5H,12H2,1H3,(H,13,14,16). The van der Waals surface area contributed by atoms with Crippen LogP contribution in [0.4, 0.5) is 5.69 Å². The van der Waals surface area contributed by atoms with Crippen molar-refractivity contribution >= 4 is 5.69 Å². The first-order chi connectivity index (χ1) is 9.28. The van der Waals surface area contributed by atoms with Crippen LogP contribution >= 0.6 is 0 Å². The third-order valence-corrected chi connectivity index (χ3v) is 2.53. The number of rotatable bonds is 3. The fraction of sp³-hybridized carbons (Fsp3) is 0.0909. The second-order valence-corrected chi connectivity index (χ2v) is 3.71. The van der Waals surface area contributed by atoms with Gasteiger partial charge in [0.05, 0.1) is 12.8 Å². The van der Waals surface area contributed by atoms with E-state index in [0.717, 1.165) is 0 Å². The second-order valence-electron chi connectivity index (χ2n) is 3.71. The van der Waals surface area contributed by atoms with Gasteiger partial charge in [-0.1, -0.05) is 5.16 Å². The summed E-state index contributed by atoms with van der Waals surface area (Å²) in [5, 5.41) is 10.2. The Morgan fingerprint density at radius 1 is 1.37 bits per heavy atom. The van der Waals surface area contributed by atoms with Gasteiger partial charge in [-0.15, -0.1) is 0 Å². The Bertz CT molecular complexity index is 691. The maximum Gasteiger partial charge on any atom is 0.258 e. The van der Waals surface area contributed by atoms with Gasteiger partial charge in [0.25, 0.3) is 5.89 Å². The van der Waals surface area contributed by atoms with Gasteiger partial charge >= 0.3 is 0 Å². The highest BCUT2D eigenvalue weighted by Crippen LogP contribution is 2.28. The zero-order valence-corrected chi connectivity index (χ0v) is 9.99. The minimum atomic E-state index is 0.335. The normalized spacial score (nSPS) is 10.6. The lowest BCUT2D eigenvalue weighted by Crippen LogP contribution is -1.92. The van der Waals surface area contributed by atoms with Crippen LogP contribution in [-0.2, 0) is 0 Å². The average molecular weight is 258 g/mol. The van der Waals surface area contributed by atoms with E-state index in [9.17, 15) is 0 Å². The van der Waals surface area contributed by atoms with E-state index in [4.69, 9.17) is 15.0 Å². The van der Waals surface area contributed by atoms with Gasteiger partial charge in [0.1, 0.15) is 12.1 Å². The Labute approximate surface area is 107 Å². The van der Waals surface area contributed by atoms with Crippen molar-refractivity contribution in [1.82, 2.24) is 25.3 Å². The molecule has 3 aromatic rings. The number of nitrogen functional groups attached to an aromatic ring is 1. The molecule has 0 unspecified atom stereocenters. The van der Waals surface area contributed by atoms with Crippen molar-refractivity contribution in [1.29, 1.82) is 0 Å². The molecule has 0 bridgehead atoms. The van der Waals surface area contributed by atoms with Gasteiger partial charge in [-0.05, 0) is 18.2 Å². The monoisotopic (exact) mass is 258 g/mol. The first kappa shape index (κ1) is 11.2. The molecule has 2 heterocycles. The highest BCUT2D eigenvalue weighted by Gasteiger charge is 2.13. The molecule has 0 radical (unpaired) electrons. The minimum Gasteiger partial charge on any atom is -0.495 e. The van der Waals surface area contributed by atoms with Gasteiger partial charge in [-0.25, -0.2) is 4.98 Å². The zero-order chi connectivity index (χ0) is 13.2. The van der Waals surface area contributed by atoms with Gasteiger partial charge in [-0.2, -0.15) is 10.1 Å². The molecule has 0 aliphatic carbocycles. The summed E-state index contributed by atoms with van der Waals surface area (Å²) in [6.45, 7) is 0. The molecule has 0 spiro atoms. The molecular weight excluding hydrogens is 248 g/mol. The first-order valence-electron chi connectivity index (χ1n) is 5.41. The Hall–Kier alpha value is -2.90. The van der Waals surface area contributed by atoms with Crippen LogP contribution in [0.5, 0.6) is 5.75 Å². The average Bonchev–Trinajstić information content (AvgIpc) is 3.09. The fourth-order valence-corrected chi connectivity index (χ4v) is 1.62. The van der Waals surface area contributed by atoms with Gasteiger partial charge in [0, 0.05) is 5.56 Å². The Kier molecular flexibility index (Phi) is 2.60. The molecule has 3 rings (SSSR count). The van der Waals surface area contributed by atoms with E-state index in [0.29, 0.717) is 34.5 Å². The summed E-state index contributed by atoms with van der Waals surface area (Å²) in [5.74, 6) is 1.72. The summed E-state index contributed by atoms with van der Waals surface area (Å²) in [4.78, 5) is 8.15. The maximum absolute atomic E-state index is 5.83. The lowest BCUT2D eigenvalue weighted by Gasteiger charge is -2.04. The number of H-pyrrole nitrogens is 1. The number of nitrogens with one attached hydrogen (secondary N) is 1. The van der Waals surface area contributed by atoms with E-state index in [1.54, 1.807) is 25.3 Å². The van der Waals surface area contributed by atoms with E-state index in [1.807, 2.05) is 0 Å². The molecule has 0 amide bonds. The number of aromatic nitrogens is 5. The Morgan fingerprint density at radius 3 is 2.95 bits per heavy atom. The highest BCUT2D eigenvalue weighted by atomic mass is 16.5. The third kappa shape index (κ3) is 1.99. The molecule has 0 fully saturated rings. The van der Waals surface area contributed by atoms with Crippen LogP contribution in [-0.4, -0.2) is 32.4 Å². The Balaban J connectivity index is 1.97. The topological polar surface area (TPSA) is 116 Å². The quantitative estimate of drug-likeness (QED) is 0.676. The predicted molar refractivity (Wildman–Crippen MR) is 66.1 cm³/mol. The van der Waals surface area contributed by atoms with Gasteiger partial charge < -0.3 is 15.0 Å². The van der Waals surface area contributed by atoms with Crippen molar-refractivity contribution in [2.75, 3.05) is 12.8 Å². The van der Waals surface area contributed by atoms with Crippen molar-refractivity contribution in [3.8, 4) is 28.9 Å². The molecule has 8 heteroatoms. The molecule has 96 valence electrons. The molecule has 2 aromatic heterocycles. The van der Waals surface area contributed by atoms with E-state index in [-0.39, 0.29) is 0 Å². The molecule has 0 aliphatic rings. The lowest BCUT2D eigenvalue weighted by atomic mass is 10.2. The summed E-state index contributed by atoms with van der Waals surface area (Å²) >= 11 is 0. The molecule has 1 aromatic carbocycles.